The first-order valence-electron chi connectivity index (χ1n) is 5.87. The fraction of sp³-hybridized carbons (Fsp3) is 0.538. The highest BCUT2D eigenvalue weighted by Gasteiger charge is 2.22. The summed E-state index contributed by atoms with van der Waals surface area (Å²) in [5.41, 5.74) is 1.06. The lowest BCUT2D eigenvalue weighted by Crippen LogP contribution is -2.53. The monoisotopic (exact) mass is 222 g/mol. The fourth-order valence-electron chi connectivity index (χ4n) is 2.19. The van der Waals surface area contributed by atoms with Crippen molar-refractivity contribution in [2.75, 3.05) is 13.1 Å². The summed E-state index contributed by atoms with van der Waals surface area (Å²) in [6.07, 6.45) is 0. The van der Waals surface area contributed by atoms with Crippen molar-refractivity contribution in [1.82, 2.24) is 10.2 Å². The van der Waals surface area contributed by atoms with Crippen LogP contribution in [0.2, 0.25) is 0 Å². The lowest BCUT2D eigenvalue weighted by molar-refractivity contribution is 0.138. The van der Waals surface area contributed by atoms with Crippen LogP contribution in [-0.4, -0.2) is 30.1 Å². The van der Waals surface area contributed by atoms with E-state index in [1.54, 1.807) is 12.1 Å². The topological polar surface area (TPSA) is 15.3 Å². The number of nitrogens with one attached hydrogen (secondary N) is 1. The molecular formula is C13H19FN2. The van der Waals surface area contributed by atoms with E-state index in [9.17, 15) is 4.39 Å². The van der Waals surface area contributed by atoms with Gasteiger partial charge in [0, 0.05) is 31.7 Å². The van der Waals surface area contributed by atoms with Crippen LogP contribution in [0.15, 0.2) is 24.3 Å². The van der Waals surface area contributed by atoms with E-state index in [0.29, 0.717) is 12.1 Å². The Labute approximate surface area is 96.5 Å². The van der Waals surface area contributed by atoms with E-state index in [4.69, 9.17) is 0 Å². The Hall–Kier alpha value is -0.930. The molecule has 1 aromatic rings. The van der Waals surface area contributed by atoms with Gasteiger partial charge in [0.05, 0.1) is 0 Å². The Morgan fingerprint density at radius 2 is 2.25 bits per heavy atom. The largest absolute Gasteiger partial charge is 0.311 e. The summed E-state index contributed by atoms with van der Waals surface area (Å²) in [4.78, 5) is 2.40. The maximum absolute atomic E-state index is 13.1. The molecule has 0 radical (unpaired) electrons. The predicted octanol–water partition coefficient (Wildman–Crippen LogP) is 2.01. The van der Waals surface area contributed by atoms with Crippen LogP contribution in [0.5, 0.6) is 0 Å². The van der Waals surface area contributed by atoms with Gasteiger partial charge in [0.1, 0.15) is 5.82 Å². The summed E-state index contributed by atoms with van der Waals surface area (Å²) in [6.45, 7) is 7.27. The van der Waals surface area contributed by atoms with Gasteiger partial charge < -0.3 is 5.32 Å². The van der Waals surface area contributed by atoms with Crippen LogP contribution >= 0.6 is 0 Å². The van der Waals surface area contributed by atoms with Crippen molar-refractivity contribution in [1.29, 1.82) is 0 Å². The van der Waals surface area contributed by atoms with Crippen LogP contribution in [-0.2, 0) is 6.54 Å². The van der Waals surface area contributed by atoms with Crippen molar-refractivity contribution in [2.24, 2.45) is 0 Å². The number of halogens is 1. The third-order valence-electron chi connectivity index (χ3n) is 3.17. The number of rotatable bonds is 2. The highest BCUT2D eigenvalue weighted by atomic mass is 19.1. The molecule has 1 aliphatic heterocycles. The van der Waals surface area contributed by atoms with Gasteiger partial charge in [-0.15, -0.1) is 0 Å². The van der Waals surface area contributed by atoms with Crippen LogP contribution in [0.4, 0.5) is 4.39 Å². The normalized spacial score (nSPS) is 26.9. The van der Waals surface area contributed by atoms with Crippen LogP contribution < -0.4 is 5.32 Å². The van der Waals surface area contributed by atoms with Gasteiger partial charge in [-0.25, -0.2) is 4.39 Å². The Balaban J connectivity index is 2.02. The van der Waals surface area contributed by atoms with Crippen molar-refractivity contribution < 1.29 is 4.39 Å². The van der Waals surface area contributed by atoms with Gasteiger partial charge >= 0.3 is 0 Å². The fourth-order valence-corrected chi connectivity index (χ4v) is 2.19. The zero-order chi connectivity index (χ0) is 11.5. The van der Waals surface area contributed by atoms with E-state index in [1.165, 1.54) is 6.07 Å². The molecule has 0 aromatic heterocycles. The zero-order valence-electron chi connectivity index (χ0n) is 9.91. The molecule has 16 heavy (non-hydrogen) atoms. The van der Waals surface area contributed by atoms with Crippen LogP contribution in [0.1, 0.15) is 19.4 Å². The summed E-state index contributed by atoms with van der Waals surface area (Å²) in [5, 5.41) is 3.44. The second-order valence-corrected chi connectivity index (χ2v) is 4.72. The molecule has 88 valence electrons. The smallest absolute Gasteiger partial charge is 0.123 e. The van der Waals surface area contributed by atoms with E-state index in [1.807, 2.05) is 6.07 Å². The van der Waals surface area contributed by atoms with Crippen molar-refractivity contribution in [2.45, 2.75) is 32.5 Å². The average molecular weight is 222 g/mol. The van der Waals surface area contributed by atoms with Crippen molar-refractivity contribution in [3.63, 3.8) is 0 Å². The minimum Gasteiger partial charge on any atom is -0.311 e. The molecule has 1 N–H and O–H groups in total. The lowest BCUT2D eigenvalue weighted by atomic mass is 10.1. The van der Waals surface area contributed by atoms with E-state index in [2.05, 4.69) is 24.1 Å². The molecule has 0 spiro atoms. The van der Waals surface area contributed by atoms with Crippen molar-refractivity contribution >= 4 is 0 Å². The molecule has 1 aliphatic rings. The first-order chi connectivity index (χ1) is 7.65. The molecule has 2 atom stereocenters. The number of hydrogen-bond donors (Lipinski definition) is 1. The zero-order valence-corrected chi connectivity index (χ0v) is 9.91. The molecule has 3 heteroatoms. The standard InChI is InChI=1S/C13H19FN2/c1-10-8-16(11(2)7-15-10)9-12-4-3-5-13(14)6-12/h3-6,10-11,15H,7-9H2,1-2H3/t10?,11-/m1/s1. The molecule has 1 fully saturated rings. The summed E-state index contributed by atoms with van der Waals surface area (Å²) in [5.74, 6) is -0.145. The first-order valence-corrected chi connectivity index (χ1v) is 5.87. The van der Waals surface area contributed by atoms with E-state index in [-0.39, 0.29) is 5.82 Å². The summed E-state index contributed by atoms with van der Waals surface area (Å²) in [6, 6.07) is 7.92. The Bertz CT molecular complexity index is 354. The number of benzene rings is 1. The van der Waals surface area contributed by atoms with Gasteiger partial charge in [0.2, 0.25) is 0 Å². The molecule has 0 bridgehead atoms. The number of hydrogen-bond acceptors (Lipinski definition) is 2. The molecule has 0 saturated carbocycles. The molecule has 1 heterocycles. The molecule has 2 nitrogen and oxygen atoms in total. The van der Waals surface area contributed by atoms with Crippen molar-refractivity contribution in [3.8, 4) is 0 Å². The predicted molar refractivity (Wildman–Crippen MR) is 63.7 cm³/mol. The third kappa shape index (κ3) is 2.80. The maximum Gasteiger partial charge on any atom is 0.123 e. The average Bonchev–Trinajstić information content (AvgIpc) is 2.24. The van der Waals surface area contributed by atoms with E-state index in [0.717, 1.165) is 25.2 Å². The highest BCUT2D eigenvalue weighted by Crippen LogP contribution is 2.13. The van der Waals surface area contributed by atoms with Crippen LogP contribution in [0, 0.1) is 5.82 Å². The molecule has 2 rings (SSSR count). The SMILES string of the molecule is CC1CN(Cc2cccc(F)c2)[C@H](C)CN1. The molecule has 1 saturated heterocycles. The molecule has 0 aliphatic carbocycles. The molecule has 0 amide bonds. The number of nitrogens with zero attached hydrogens (tertiary/aromatic N) is 1. The van der Waals surface area contributed by atoms with Crippen molar-refractivity contribution in [3.05, 3.63) is 35.6 Å². The van der Waals surface area contributed by atoms with Gasteiger partial charge in [-0.05, 0) is 31.5 Å². The minimum atomic E-state index is -0.145. The van der Waals surface area contributed by atoms with Gasteiger partial charge in [-0.2, -0.15) is 0 Å². The molecule has 1 unspecified atom stereocenters. The molecule has 1 aromatic carbocycles. The van der Waals surface area contributed by atoms with Crippen LogP contribution in [0.3, 0.4) is 0 Å². The van der Waals surface area contributed by atoms with Gasteiger partial charge in [0.15, 0.2) is 0 Å². The maximum atomic E-state index is 13.1. The third-order valence-corrected chi connectivity index (χ3v) is 3.17. The first kappa shape index (κ1) is 11.6. The van der Waals surface area contributed by atoms with E-state index >= 15 is 0 Å². The Morgan fingerprint density at radius 1 is 1.44 bits per heavy atom. The Kier molecular flexibility index (Phi) is 3.56. The van der Waals surface area contributed by atoms with Gasteiger partial charge in [-0.3, -0.25) is 4.90 Å². The summed E-state index contributed by atoms with van der Waals surface area (Å²) in [7, 11) is 0. The number of piperazine rings is 1. The molecular weight excluding hydrogens is 203 g/mol. The summed E-state index contributed by atoms with van der Waals surface area (Å²) >= 11 is 0. The quantitative estimate of drug-likeness (QED) is 0.823. The second-order valence-electron chi connectivity index (χ2n) is 4.72. The lowest BCUT2D eigenvalue weighted by Gasteiger charge is -2.37. The van der Waals surface area contributed by atoms with Crippen LogP contribution in [0.25, 0.3) is 0 Å². The Morgan fingerprint density at radius 3 is 3.00 bits per heavy atom. The highest BCUT2D eigenvalue weighted by molar-refractivity contribution is 5.16. The summed E-state index contributed by atoms with van der Waals surface area (Å²) < 4.78 is 13.1. The van der Waals surface area contributed by atoms with E-state index < -0.39 is 0 Å². The second kappa shape index (κ2) is 4.93. The van der Waals surface area contributed by atoms with Gasteiger partial charge in [-0.1, -0.05) is 12.1 Å². The van der Waals surface area contributed by atoms with Gasteiger partial charge in [0.25, 0.3) is 0 Å². The minimum absolute atomic E-state index is 0.145.